The smallest absolute Gasteiger partial charge is 0.227 e. The van der Waals surface area contributed by atoms with E-state index in [0.717, 1.165) is 32.4 Å². The van der Waals surface area contributed by atoms with Crippen LogP contribution in [0.2, 0.25) is 10.0 Å². The Hall–Kier alpha value is -0.770. The molecule has 1 amide bonds. The molecule has 0 saturated carbocycles. The van der Waals surface area contributed by atoms with Crippen LogP contribution in [0.15, 0.2) is 18.2 Å². The van der Waals surface area contributed by atoms with E-state index in [-0.39, 0.29) is 11.8 Å². The monoisotopic (exact) mass is 314 g/mol. The molecule has 0 spiro atoms. The Morgan fingerprint density at radius 1 is 1.30 bits per heavy atom. The van der Waals surface area contributed by atoms with Gasteiger partial charge in [0.1, 0.15) is 0 Å². The van der Waals surface area contributed by atoms with Crippen LogP contribution in [0.5, 0.6) is 0 Å². The Bertz CT molecular complexity index is 453. The molecule has 1 aromatic rings. The first-order valence-corrected chi connectivity index (χ1v) is 7.83. The zero-order chi connectivity index (χ0) is 14.5. The van der Waals surface area contributed by atoms with Crippen LogP contribution in [0, 0.1) is 11.8 Å². The van der Waals surface area contributed by atoms with E-state index in [4.69, 9.17) is 23.2 Å². The fourth-order valence-corrected chi connectivity index (χ4v) is 3.37. The van der Waals surface area contributed by atoms with E-state index < -0.39 is 0 Å². The second kappa shape index (κ2) is 7.30. The van der Waals surface area contributed by atoms with E-state index in [1.54, 1.807) is 18.2 Å². The number of amides is 1. The van der Waals surface area contributed by atoms with Crippen molar-refractivity contribution in [3.05, 3.63) is 28.2 Å². The highest BCUT2D eigenvalue weighted by atomic mass is 35.5. The lowest BCUT2D eigenvalue weighted by Crippen LogP contribution is -2.36. The van der Waals surface area contributed by atoms with E-state index in [0.29, 0.717) is 21.7 Å². The number of benzene rings is 1. The quantitative estimate of drug-likeness (QED) is 0.883. The molecule has 1 heterocycles. The molecular formula is C15H20Cl2N2O. The molecule has 0 aromatic heterocycles. The molecule has 110 valence electrons. The molecule has 1 atom stereocenters. The van der Waals surface area contributed by atoms with Gasteiger partial charge in [-0.15, -0.1) is 0 Å². The van der Waals surface area contributed by atoms with E-state index in [2.05, 4.69) is 17.6 Å². The molecule has 0 bridgehead atoms. The summed E-state index contributed by atoms with van der Waals surface area (Å²) in [5.41, 5.74) is 0.667. The first-order valence-electron chi connectivity index (χ1n) is 7.08. The molecule has 2 rings (SSSR count). The van der Waals surface area contributed by atoms with E-state index >= 15 is 0 Å². The Morgan fingerprint density at radius 2 is 1.90 bits per heavy atom. The second-order valence-electron chi connectivity index (χ2n) is 5.25. The summed E-state index contributed by atoms with van der Waals surface area (Å²) in [4.78, 5) is 12.4. The molecule has 1 aliphatic rings. The number of carbonyl (C=O) groups is 1. The number of rotatable bonds is 4. The zero-order valence-corrected chi connectivity index (χ0v) is 13.1. The molecule has 20 heavy (non-hydrogen) atoms. The molecular weight excluding hydrogens is 295 g/mol. The molecule has 1 aromatic carbocycles. The van der Waals surface area contributed by atoms with Crippen LogP contribution < -0.4 is 10.6 Å². The summed E-state index contributed by atoms with van der Waals surface area (Å²) >= 11 is 11.9. The molecule has 1 unspecified atom stereocenters. The van der Waals surface area contributed by atoms with E-state index in [1.165, 1.54) is 0 Å². The number of hydrogen-bond acceptors (Lipinski definition) is 2. The van der Waals surface area contributed by atoms with Crippen LogP contribution in [0.25, 0.3) is 0 Å². The van der Waals surface area contributed by atoms with Gasteiger partial charge in [0.15, 0.2) is 0 Å². The van der Waals surface area contributed by atoms with Gasteiger partial charge < -0.3 is 10.6 Å². The highest BCUT2D eigenvalue weighted by molar-refractivity contribution is 6.35. The highest BCUT2D eigenvalue weighted by Gasteiger charge is 2.28. The van der Waals surface area contributed by atoms with Crippen LogP contribution in [0.3, 0.4) is 0 Å². The van der Waals surface area contributed by atoms with Gasteiger partial charge in [-0.1, -0.05) is 30.1 Å². The average Bonchev–Trinajstić information content (AvgIpc) is 2.39. The standard InChI is InChI=1S/C15H20Cl2N2O/c1-2-14(10-3-5-18-6-4-10)15(20)19-13-8-11(16)7-12(17)9-13/h7-10,14,18H,2-6H2,1H3,(H,19,20). The summed E-state index contributed by atoms with van der Waals surface area (Å²) in [6.45, 7) is 4.06. The number of piperidine rings is 1. The lowest BCUT2D eigenvalue weighted by molar-refractivity contribution is -0.121. The maximum atomic E-state index is 12.4. The summed E-state index contributed by atoms with van der Waals surface area (Å²) in [7, 11) is 0. The molecule has 0 aliphatic carbocycles. The van der Waals surface area contributed by atoms with Crippen molar-refractivity contribution in [3.8, 4) is 0 Å². The molecule has 3 nitrogen and oxygen atoms in total. The van der Waals surface area contributed by atoms with Gasteiger partial charge in [0.05, 0.1) is 0 Å². The number of hydrogen-bond donors (Lipinski definition) is 2. The predicted molar refractivity (Wildman–Crippen MR) is 84.5 cm³/mol. The lowest BCUT2D eigenvalue weighted by atomic mass is 9.82. The normalized spacial score (nSPS) is 17.8. The third kappa shape index (κ3) is 4.11. The van der Waals surface area contributed by atoms with E-state index in [1.807, 2.05) is 0 Å². The largest absolute Gasteiger partial charge is 0.326 e. The second-order valence-corrected chi connectivity index (χ2v) is 6.12. The lowest BCUT2D eigenvalue weighted by Gasteiger charge is -2.29. The van der Waals surface area contributed by atoms with Gasteiger partial charge in [0, 0.05) is 21.7 Å². The third-order valence-corrected chi connectivity index (χ3v) is 4.30. The maximum Gasteiger partial charge on any atom is 0.227 e. The fourth-order valence-electron chi connectivity index (χ4n) is 2.84. The number of anilines is 1. The van der Waals surface area contributed by atoms with Crippen molar-refractivity contribution in [2.75, 3.05) is 18.4 Å². The van der Waals surface area contributed by atoms with Gasteiger partial charge in [0.25, 0.3) is 0 Å². The Balaban J connectivity index is 2.04. The highest BCUT2D eigenvalue weighted by Crippen LogP contribution is 2.27. The molecule has 1 saturated heterocycles. The number of halogens is 2. The van der Waals surface area contributed by atoms with Gasteiger partial charge in [-0.25, -0.2) is 0 Å². The summed E-state index contributed by atoms with van der Waals surface area (Å²) in [5.74, 6) is 0.573. The van der Waals surface area contributed by atoms with Crippen LogP contribution in [0.1, 0.15) is 26.2 Å². The van der Waals surface area contributed by atoms with Gasteiger partial charge >= 0.3 is 0 Å². The molecule has 1 aliphatic heterocycles. The van der Waals surface area contributed by atoms with Crippen molar-refractivity contribution in [2.24, 2.45) is 11.8 Å². The summed E-state index contributed by atoms with van der Waals surface area (Å²) in [6, 6.07) is 5.10. The third-order valence-electron chi connectivity index (χ3n) is 3.86. The van der Waals surface area contributed by atoms with Crippen molar-refractivity contribution in [1.82, 2.24) is 5.32 Å². The minimum absolute atomic E-state index is 0.0508. The zero-order valence-electron chi connectivity index (χ0n) is 11.6. The SMILES string of the molecule is CCC(C(=O)Nc1cc(Cl)cc(Cl)c1)C1CCNCC1. The Kier molecular flexibility index (Phi) is 5.70. The van der Waals surface area contributed by atoms with Crippen LogP contribution in [-0.2, 0) is 4.79 Å². The Labute approximate surface area is 130 Å². The van der Waals surface area contributed by atoms with Gasteiger partial charge in [-0.2, -0.15) is 0 Å². The van der Waals surface area contributed by atoms with Crippen molar-refractivity contribution < 1.29 is 4.79 Å². The summed E-state index contributed by atoms with van der Waals surface area (Å²) < 4.78 is 0. The predicted octanol–water partition coefficient (Wildman–Crippen LogP) is 3.96. The minimum Gasteiger partial charge on any atom is -0.326 e. The van der Waals surface area contributed by atoms with Gasteiger partial charge in [-0.3, -0.25) is 4.79 Å². The topological polar surface area (TPSA) is 41.1 Å². The molecule has 0 radical (unpaired) electrons. The minimum atomic E-state index is 0.0508. The van der Waals surface area contributed by atoms with Crippen LogP contribution in [-0.4, -0.2) is 19.0 Å². The van der Waals surface area contributed by atoms with Crippen LogP contribution in [0.4, 0.5) is 5.69 Å². The van der Waals surface area contributed by atoms with E-state index in [9.17, 15) is 4.79 Å². The molecule has 5 heteroatoms. The fraction of sp³-hybridized carbons (Fsp3) is 0.533. The van der Waals surface area contributed by atoms with Crippen molar-refractivity contribution in [1.29, 1.82) is 0 Å². The first kappa shape index (κ1) is 15.6. The summed E-state index contributed by atoms with van der Waals surface area (Å²) in [5, 5.41) is 7.33. The Morgan fingerprint density at radius 3 is 2.45 bits per heavy atom. The molecule has 1 fully saturated rings. The summed E-state index contributed by atoms with van der Waals surface area (Å²) in [6.07, 6.45) is 2.97. The number of nitrogens with one attached hydrogen (secondary N) is 2. The number of carbonyl (C=O) groups excluding carboxylic acids is 1. The first-order chi connectivity index (χ1) is 9.60. The van der Waals surface area contributed by atoms with Crippen molar-refractivity contribution in [2.45, 2.75) is 26.2 Å². The van der Waals surface area contributed by atoms with Gasteiger partial charge in [-0.05, 0) is 56.5 Å². The maximum absolute atomic E-state index is 12.4. The van der Waals surface area contributed by atoms with Crippen molar-refractivity contribution in [3.63, 3.8) is 0 Å². The van der Waals surface area contributed by atoms with Gasteiger partial charge in [0.2, 0.25) is 5.91 Å². The van der Waals surface area contributed by atoms with Crippen LogP contribution >= 0.6 is 23.2 Å². The van der Waals surface area contributed by atoms with Crippen molar-refractivity contribution >= 4 is 34.8 Å². The average molecular weight is 315 g/mol. The molecule has 2 N–H and O–H groups in total.